The highest BCUT2D eigenvalue weighted by Gasteiger charge is 2.10. The predicted octanol–water partition coefficient (Wildman–Crippen LogP) is 3.95. The van der Waals surface area contributed by atoms with Crippen molar-refractivity contribution < 1.29 is 4.79 Å². The van der Waals surface area contributed by atoms with E-state index in [1.165, 1.54) is 0 Å². The topological polar surface area (TPSA) is 58.1 Å². The highest BCUT2D eigenvalue weighted by atomic mass is 32.1. The Kier molecular flexibility index (Phi) is 5.57. The number of nitrogens with zero attached hydrogens (tertiary/aromatic N) is 3. The Balaban J connectivity index is 1.59. The molecule has 0 saturated carbocycles. The number of anilines is 1. The second-order valence-corrected chi connectivity index (χ2v) is 8.28. The lowest BCUT2D eigenvalue weighted by atomic mass is 10.1. The van der Waals surface area contributed by atoms with Gasteiger partial charge in [0, 0.05) is 34.2 Å². The van der Waals surface area contributed by atoms with Gasteiger partial charge in [0.2, 0.25) is 5.91 Å². The number of benzene rings is 1. The molecule has 3 aromatic rings. The van der Waals surface area contributed by atoms with Crippen molar-refractivity contribution >= 4 is 34.3 Å². The fourth-order valence-corrected chi connectivity index (χ4v) is 4.00. The van der Waals surface area contributed by atoms with Crippen molar-refractivity contribution in [1.82, 2.24) is 14.9 Å². The minimum Gasteiger partial charge on any atom is -0.325 e. The van der Waals surface area contributed by atoms with Crippen molar-refractivity contribution in [2.75, 3.05) is 18.9 Å². The van der Waals surface area contributed by atoms with Gasteiger partial charge in [0.1, 0.15) is 0 Å². The summed E-state index contributed by atoms with van der Waals surface area (Å²) in [5.74, 6) is -0.0321. The first-order valence-electron chi connectivity index (χ1n) is 7.92. The molecule has 2 aromatic heterocycles. The Morgan fingerprint density at radius 2 is 2.12 bits per heavy atom. The molecule has 1 amide bonds. The van der Waals surface area contributed by atoms with E-state index in [9.17, 15) is 4.79 Å². The first kappa shape index (κ1) is 17.7. The van der Waals surface area contributed by atoms with Crippen LogP contribution in [0.4, 0.5) is 5.69 Å². The fraction of sp³-hybridized carbons (Fsp3) is 0.278. The minimum atomic E-state index is -0.0321. The summed E-state index contributed by atoms with van der Waals surface area (Å²) in [6.07, 6.45) is 1.87. The van der Waals surface area contributed by atoms with E-state index in [2.05, 4.69) is 15.3 Å². The number of rotatable bonds is 6. The Hall–Kier alpha value is -2.09. The van der Waals surface area contributed by atoms with Gasteiger partial charge in [0.15, 0.2) is 0 Å². The van der Waals surface area contributed by atoms with Crippen molar-refractivity contribution in [3.8, 4) is 11.3 Å². The number of aromatic nitrogens is 2. The van der Waals surface area contributed by atoms with E-state index < -0.39 is 0 Å². The molecule has 0 fully saturated rings. The molecular weight excluding hydrogens is 352 g/mol. The molecular formula is C18H20N4OS2. The van der Waals surface area contributed by atoms with Crippen LogP contribution in [-0.2, 0) is 11.3 Å². The first-order valence-corrected chi connectivity index (χ1v) is 9.61. The van der Waals surface area contributed by atoms with Gasteiger partial charge in [-0.1, -0.05) is 12.1 Å². The normalized spacial score (nSPS) is 11.0. The van der Waals surface area contributed by atoms with Crippen molar-refractivity contribution in [3.05, 3.63) is 50.7 Å². The Bertz CT molecular complexity index is 871. The maximum atomic E-state index is 12.3. The number of nitrogens with one attached hydrogen (secondary N) is 1. The smallest absolute Gasteiger partial charge is 0.238 e. The molecule has 7 heteroatoms. The maximum Gasteiger partial charge on any atom is 0.238 e. The lowest BCUT2D eigenvalue weighted by molar-refractivity contribution is -0.117. The minimum absolute atomic E-state index is 0.0321. The molecule has 0 radical (unpaired) electrons. The third-order valence-corrected chi connectivity index (χ3v) is 5.24. The molecule has 3 rings (SSSR count). The molecule has 25 heavy (non-hydrogen) atoms. The highest BCUT2D eigenvalue weighted by molar-refractivity contribution is 7.11. The van der Waals surface area contributed by atoms with Gasteiger partial charge in [-0.15, -0.1) is 22.7 Å². The van der Waals surface area contributed by atoms with Crippen LogP contribution in [-0.4, -0.2) is 34.4 Å². The summed E-state index contributed by atoms with van der Waals surface area (Å²) >= 11 is 3.28. The van der Waals surface area contributed by atoms with Gasteiger partial charge in [-0.2, -0.15) is 0 Å². The van der Waals surface area contributed by atoms with Gasteiger partial charge in [-0.3, -0.25) is 9.69 Å². The number of hydrogen-bond donors (Lipinski definition) is 1. The zero-order valence-electron chi connectivity index (χ0n) is 14.4. The standard InChI is InChI=1S/C18H20N4OS2/c1-12-19-8-16(25-12)9-22(3)10-18(23)21-15-6-4-5-14(7-15)17-11-24-13(2)20-17/h4-8,11H,9-10H2,1-3H3,(H,21,23). The van der Waals surface area contributed by atoms with Crippen LogP contribution >= 0.6 is 22.7 Å². The molecule has 0 aliphatic heterocycles. The van der Waals surface area contributed by atoms with Crippen LogP contribution in [0.2, 0.25) is 0 Å². The summed E-state index contributed by atoms with van der Waals surface area (Å²) in [7, 11) is 1.93. The van der Waals surface area contributed by atoms with E-state index in [4.69, 9.17) is 0 Å². The molecule has 0 saturated heterocycles. The summed E-state index contributed by atoms with van der Waals surface area (Å²) in [6.45, 7) is 5.02. The number of aryl methyl sites for hydroxylation is 2. The molecule has 0 atom stereocenters. The zero-order valence-corrected chi connectivity index (χ0v) is 16.1. The van der Waals surface area contributed by atoms with E-state index in [-0.39, 0.29) is 5.91 Å². The monoisotopic (exact) mass is 372 g/mol. The zero-order chi connectivity index (χ0) is 17.8. The number of carbonyl (C=O) groups is 1. The summed E-state index contributed by atoms with van der Waals surface area (Å²) in [4.78, 5) is 24.2. The van der Waals surface area contributed by atoms with E-state index in [0.717, 1.165) is 38.4 Å². The lowest BCUT2D eigenvalue weighted by Crippen LogP contribution is -2.29. The maximum absolute atomic E-state index is 12.3. The summed E-state index contributed by atoms with van der Waals surface area (Å²) in [5.41, 5.74) is 2.74. The Morgan fingerprint density at radius 3 is 2.80 bits per heavy atom. The van der Waals surface area contributed by atoms with Crippen molar-refractivity contribution in [3.63, 3.8) is 0 Å². The average Bonchev–Trinajstić information content (AvgIpc) is 3.16. The van der Waals surface area contributed by atoms with Gasteiger partial charge in [-0.25, -0.2) is 9.97 Å². The molecule has 130 valence electrons. The van der Waals surface area contributed by atoms with Crippen LogP contribution in [0, 0.1) is 13.8 Å². The molecule has 1 aromatic carbocycles. The highest BCUT2D eigenvalue weighted by Crippen LogP contribution is 2.24. The molecule has 0 aliphatic carbocycles. The molecule has 0 aliphatic rings. The van der Waals surface area contributed by atoms with Gasteiger partial charge in [0.05, 0.1) is 22.3 Å². The largest absolute Gasteiger partial charge is 0.325 e. The molecule has 2 heterocycles. The summed E-state index contributed by atoms with van der Waals surface area (Å²) in [6, 6.07) is 7.79. The number of likely N-dealkylation sites (N-methyl/N-ethyl adjacent to an activating group) is 1. The average molecular weight is 373 g/mol. The van der Waals surface area contributed by atoms with Crippen LogP contribution < -0.4 is 5.32 Å². The third-order valence-electron chi connectivity index (χ3n) is 3.57. The van der Waals surface area contributed by atoms with E-state index in [1.54, 1.807) is 22.7 Å². The second kappa shape index (κ2) is 7.86. The van der Waals surface area contributed by atoms with Gasteiger partial charge < -0.3 is 5.32 Å². The van der Waals surface area contributed by atoms with Crippen LogP contribution in [0.1, 0.15) is 14.9 Å². The van der Waals surface area contributed by atoms with Gasteiger partial charge in [-0.05, 0) is 33.0 Å². The number of amides is 1. The SMILES string of the molecule is Cc1nc(-c2cccc(NC(=O)CN(C)Cc3cnc(C)s3)c2)cs1. The van der Waals surface area contributed by atoms with Gasteiger partial charge >= 0.3 is 0 Å². The van der Waals surface area contributed by atoms with Crippen LogP contribution in [0.15, 0.2) is 35.8 Å². The van der Waals surface area contributed by atoms with Crippen LogP contribution in [0.5, 0.6) is 0 Å². The second-order valence-electron chi connectivity index (χ2n) is 5.90. The van der Waals surface area contributed by atoms with Crippen molar-refractivity contribution in [2.45, 2.75) is 20.4 Å². The van der Waals surface area contributed by atoms with Crippen molar-refractivity contribution in [2.24, 2.45) is 0 Å². The molecule has 0 bridgehead atoms. The number of carbonyl (C=O) groups excluding carboxylic acids is 1. The molecule has 0 unspecified atom stereocenters. The summed E-state index contributed by atoms with van der Waals surface area (Å²) < 4.78 is 0. The van der Waals surface area contributed by atoms with Gasteiger partial charge in [0.25, 0.3) is 0 Å². The summed E-state index contributed by atoms with van der Waals surface area (Å²) in [5, 5.41) is 7.07. The van der Waals surface area contributed by atoms with Crippen LogP contribution in [0.25, 0.3) is 11.3 Å². The quantitative estimate of drug-likeness (QED) is 0.712. The number of thiazole rings is 2. The molecule has 0 spiro atoms. The van der Waals surface area contributed by atoms with E-state index in [1.807, 2.05) is 61.6 Å². The third kappa shape index (κ3) is 4.94. The van der Waals surface area contributed by atoms with Crippen molar-refractivity contribution in [1.29, 1.82) is 0 Å². The lowest BCUT2D eigenvalue weighted by Gasteiger charge is -2.15. The van der Waals surface area contributed by atoms with Crippen LogP contribution in [0.3, 0.4) is 0 Å². The Morgan fingerprint density at radius 1 is 1.28 bits per heavy atom. The van der Waals surface area contributed by atoms with E-state index >= 15 is 0 Å². The fourth-order valence-electron chi connectivity index (χ4n) is 2.50. The predicted molar refractivity (Wildman–Crippen MR) is 104 cm³/mol. The Labute approximate surface area is 155 Å². The van der Waals surface area contributed by atoms with E-state index in [0.29, 0.717) is 6.54 Å². The molecule has 1 N–H and O–H groups in total. The first-order chi connectivity index (χ1) is 12.0. The number of hydrogen-bond acceptors (Lipinski definition) is 6. The molecule has 5 nitrogen and oxygen atoms in total.